The summed E-state index contributed by atoms with van der Waals surface area (Å²) in [6.07, 6.45) is 4.57. The van der Waals surface area contributed by atoms with Crippen molar-refractivity contribution in [1.29, 1.82) is 0 Å². The number of nitrogen functional groups attached to an aromatic ring is 1. The van der Waals surface area contributed by atoms with Gasteiger partial charge in [0.2, 0.25) is 5.95 Å². The van der Waals surface area contributed by atoms with Gasteiger partial charge in [-0.25, -0.2) is 9.97 Å². The fourth-order valence-corrected chi connectivity index (χ4v) is 2.03. The highest BCUT2D eigenvalue weighted by molar-refractivity contribution is 7.11. The molecule has 3 N–H and O–H groups in total. The lowest BCUT2D eigenvalue weighted by Crippen LogP contribution is -2.03. The molecule has 0 saturated heterocycles. The summed E-state index contributed by atoms with van der Waals surface area (Å²) in [4.78, 5) is 13.5. The number of aromatic nitrogens is 3. The van der Waals surface area contributed by atoms with E-state index >= 15 is 0 Å². The summed E-state index contributed by atoms with van der Waals surface area (Å²) in [5.74, 6) is 0.999. The largest absolute Gasteiger partial charge is 0.368 e. The van der Waals surface area contributed by atoms with E-state index in [9.17, 15) is 0 Å². The molecular weight excluding hydrogens is 222 g/mol. The third-order valence-corrected chi connectivity index (χ3v) is 3.19. The van der Waals surface area contributed by atoms with E-state index in [1.165, 1.54) is 4.88 Å². The summed E-state index contributed by atoms with van der Waals surface area (Å²) >= 11 is 1.71. The minimum Gasteiger partial charge on any atom is -0.368 e. The lowest BCUT2D eigenvalue weighted by molar-refractivity contribution is 1.06. The SMILES string of the molecule is CCc1cnc(CNc2ccnc(N)n2)s1. The summed E-state index contributed by atoms with van der Waals surface area (Å²) < 4.78 is 0. The predicted molar refractivity (Wildman–Crippen MR) is 65.3 cm³/mol. The van der Waals surface area contributed by atoms with Gasteiger partial charge < -0.3 is 11.1 Å². The Balaban J connectivity index is 1.96. The van der Waals surface area contributed by atoms with Crippen molar-refractivity contribution < 1.29 is 0 Å². The van der Waals surface area contributed by atoms with Gasteiger partial charge in [0.25, 0.3) is 0 Å². The Labute approximate surface area is 97.8 Å². The molecule has 0 amide bonds. The van der Waals surface area contributed by atoms with E-state index in [1.807, 2.05) is 6.20 Å². The van der Waals surface area contributed by atoms with Gasteiger partial charge in [0.1, 0.15) is 10.8 Å². The zero-order valence-electron chi connectivity index (χ0n) is 8.97. The first-order chi connectivity index (χ1) is 7.78. The molecule has 0 fully saturated rings. The molecule has 16 heavy (non-hydrogen) atoms. The molecular formula is C10H13N5S. The third kappa shape index (κ3) is 2.66. The molecule has 0 atom stereocenters. The summed E-state index contributed by atoms with van der Waals surface area (Å²) in [5, 5.41) is 4.21. The normalized spacial score (nSPS) is 10.3. The Morgan fingerprint density at radius 3 is 3.00 bits per heavy atom. The van der Waals surface area contributed by atoms with Crippen LogP contribution in [0.25, 0.3) is 0 Å². The zero-order chi connectivity index (χ0) is 11.4. The van der Waals surface area contributed by atoms with Crippen LogP contribution in [-0.2, 0) is 13.0 Å². The minimum absolute atomic E-state index is 0.276. The Morgan fingerprint density at radius 1 is 1.44 bits per heavy atom. The molecule has 0 bridgehead atoms. The maximum absolute atomic E-state index is 5.48. The Morgan fingerprint density at radius 2 is 2.31 bits per heavy atom. The van der Waals surface area contributed by atoms with Crippen LogP contribution < -0.4 is 11.1 Å². The maximum atomic E-state index is 5.48. The van der Waals surface area contributed by atoms with Gasteiger partial charge in [0, 0.05) is 17.3 Å². The van der Waals surface area contributed by atoms with Gasteiger partial charge in [-0.3, -0.25) is 0 Å². The summed E-state index contributed by atoms with van der Waals surface area (Å²) in [7, 11) is 0. The van der Waals surface area contributed by atoms with Gasteiger partial charge in [-0.1, -0.05) is 6.92 Å². The molecule has 0 aliphatic heterocycles. The summed E-state index contributed by atoms with van der Waals surface area (Å²) in [5.41, 5.74) is 5.48. The molecule has 2 aromatic heterocycles. The molecule has 0 aliphatic carbocycles. The summed E-state index contributed by atoms with van der Waals surface area (Å²) in [6.45, 7) is 2.79. The number of rotatable bonds is 4. The molecule has 2 heterocycles. The second-order valence-corrected chi connectivity index (χ2v) is 4.43. The maximum Gasteiger partial charge on any atom is 0.221 e. The molecule has 84 valence electrons. The number of anilines is 2. The first-order valence-electron chi connectivity index (χ1n) is 5.04. The molecule has 0 aliphatic rings. The van der Waals surface area contributed by atoms with E-state index in [2.05, 4.69) is 27.2 Å². The minimum atomic E-state index is 0.276. The Hall–Kier alpha value is -1.69. The van der Waals surface area contributed by atoms with Crippen LogP contribution in [0.3, 0.4) is 0 Å². The number of thiazole rings is 1. The van der Waals surface area contributed by atoms with Crippen molar-refractivity contribution in [3.63, 3.8) is 0 Å². The average molecular weight is 235 g/mol. The van der Waals surface area contributed by atoms with Crippen LogP contribution in [-0.4, -0.2) is 15.0 Å². The van der Waals surface area contributed by atoms with E-state index in [4.69, 9.17) is 5.73 Å². The van der Waals surface area contributed by atoms with Gasteiger partial charge in [0.05, 0.1) is 6.54 Å². The Bertz CT molecular complexity index is 468. The number of nitrogens with one attached hydrogen (secondary N) is 1. The molecule has 0 radical (unpaired) electrons. The van der Waals surface area contributed by atoms with Crippen LogP contribution in [0.5, 0.6) is 0 Å². The lowest BCUT2D eigenvalue weighted by atomic mass is 10.4. The van der Waals surface area contributed by atoms with Crippen molar-refractivity contribution >= 4 is 23.1 Å². The van der Waals surface area contributed by atoms with Crippen LogP contribution >= 0.6 is 11.3 Å². The van der Waals surface area contributed by atoms with Gasteiger partial charge in [-0.15, -0.1) is 11.3 Å². The van der Waals surface area contributed by atoms with Crippen molar-refractivity contribution in [1.82, 2.24) is 15.0 Å². The second-order valence-electron chi connectivity index (χ2n) is 3.23. The fraction of sp³-hybridized carbons (Fsp3) is 0.300. The average Bonchev–Trinajstić information content (AvgIpc) is 2.74. The van der Waals surface area contributed by atoms with E-state index in [-0.39, 0.29) is 5.95 Å². The highest BCUT2D eigenvalue weighted by atomic mass is 32.1. The number of nitrogens with zero attached hydrogens (tertiary/aromatic N) is 3. The number of hydrogen-bond acceptors (Lipinski definition) is 6. The quantitative estimate of drug-likeness (QED) is 0.843. The molecule has 0 spiro atoms. The zero-order valence-corrected chi connectivity index (χ0v) is 9.79. The van der Waals surface area contributed by atoms with Crippen molar-refractivity contribution in [3.05, 3.63) is 28.3 Å². The topological polar surface area (TPSA) is 76.7 Å². The van der Waals surface area contributed by atoms with Crippen LogP contribution in [0.1, 0.15) is 16.8 Å². The van der Waals surface area contributed by atoms with E-state index < -0.39 is 0 Å². The highest BCUT2D eigenvalue weighted by Crippen LogP contribution is 2.14. The lowest BCUT2D eigenvalue weighted by Gasteiger charge is -2.02. The van der Waals surface area contributed by atoms with E-state index in [0.717, 1.165) is 17.2 Å². The molecule has 6 heteroatoms. The molecule has 2 rings (SSSR count). The molecule has 5 nitrogen and oxygen atoms in total. The number of aryl methyl sites for hydroxylation is 1. The van der Waals surface area contributed by atoms with Gasteiger partial charge in [-0.05, 0) is 12.5 Å². The summed E-state index contributed by atoms with van der Waals surface area (Å²) in [6, 6.07) is 1.78. The highest BCUT2D eigenvalue weighted by Gasteiger charge is 2.01. The van der Waals surface area contributed by atoms with E-state index in [1.54, 1.807) is 23.6 Å². The van der Waals surface area contributed by atoms with Crippen molar-refractivity contribution in [2.75, 3.05) is 11.1 Å². The fourth-order valence-electron chi connectivity index (χ4n) is 1.23. The first kappa shape index (κ1) is 10.8. The van der Waals surface area contributed by atoms with Gasteiger partial charge in [-0.2, -0.15) is 4.98 Å². The number of hydrogen-bond donors (Lipinski definition) is 2. The van der Waals surface area contributed by atoms with Crippen LogP contribution in [0.4, 0.5) is 11.8 Å². The molecule has 0 unspecified atom stereocenters. The predicted octanol–water partition coefficient (Wildman–Crippen LogP) is 1.69. The molecule has 0 aromatic carbocycles. The Kier molecular flexibility index (Phi) is 3.31. The first-order valence-corrected chi connectivity index (χ1v) is 5.85. The molecule has 0 saturated carbocycles. The standard InChI is InChI=1S/C10H13N5S/c1-2-7-5-14-9(16-7)6-13-8-3-4-12-10(11)15-8/h3-5H,2,6H2,1H3,(H3,11,12,13,15). The monoisotopic (exact) mass is 235 g/mol. The van der Waals surface area contributed by atoms with Crippen LogP contribution in [0.2, 0.25) is 0 Å². The van der Waals surface area contributed by atoms with Crippen LogP contribution in [0.15, 0.2) is 18.5 Å². The van der Waals surface area contributed by atoms with Crippen molar-refractivity contribution in [2.45, 2.75) is 19.9 Å². The number of nitrogens with two attached hydrogens (primary N) is 1. The van der Waals surface area contributed by atoms with Gasteiger partial charge in [0.15, 0.2) is 0 Å². The molecule has 2 aromatic rings. The van der Waals surface area contributed by atoms with Crippen molar-refractivity contribution in [2.24, 2.45) is 0 Å². The third-order valence-electron chi connectivity index (χ3n) is 2.04. The van der Waals surface area contributed by atoms with Gasteiger partial charge >= 0.3 is 0 Å². The van der Waals surface area contributed by atoms with E-state index in [0.29, 0.717) is 6.54 Å². The smallest absolute Gasteiger partial charge is 0.221 e. The second kappa shape index (κ2) is 4.89. The van der Waals surface area contributed by atoms with Crippen LogP contribution in [0, 0.1) is 0 Å². The van der Waals surface area contributed by atoms with Crippen molar-refractivity contribution in [3.8, 4) is 0 Å².